The zero-order valence-corrected chi connectivity index (χ0v) is 19.5. The summed E-state index contributed by atoms with van der Waals surface area (Å²) in [5.74, 6) is 1.64. The van der Waals surface area contributed by atoms with Crippen molar-refractivity contribution < 1.29 is 19.0 Å². The van der Waals surface area contributed by atoms with E-state index < -0.39 is 0 Å². The lowest BCUT2D eigenvalue weighted by Gasteiger charge is -2.32. The molecule has 1 aromatic carbocycles. The van der Waals surface area contributed by atoms with Gasteiger partial charge >= 0.3 is 6.09 Å². The highest BCUT2D eigenvalue weighted by molar-refractivity contribution is 7.98. The Balaban J connectivity index is 1.88. The Morgan fingerprint density at radius 2 is 1.97 bits per heavy atom. The molecule has 3 rings (SSSR count). The van der Waals surface area contributed by atoms with Crippen LogP contribution in [0.25, 0.3) is 11.3 Å². The zero-order chi connectivity index (χ0) is 23.1. The van der Waals surface area contributed by atoms with Crippen molar-refractivity contribution in [3.8, 4) is 28.8 Å². The van der Waals surface area contributed by atoms with Crippen molar-refractivity contribution in [3.05, 3.63) is 23.8 Å². The van der Waals surface area contributed by atoms with Crippen LogP contribution in [0.1, 0.15) is 25.3 Å². The monoisotopic (exact) mass is 457 g/mol. The van der Waals surface area contributed by atoms with Gasteiger partial charge in [0, 0.05) is 24.7 Å². The number of aromatic nitrogens is 2. The molecule has 1 amide bonds. The van der Waals surface area contributed by atoms with E-state index >= 15 is 0 Å². The van der Waals surface area contributed by atoms with Gasteiger partial charge in [0.1, 0.15) is 17.5 Å². The van der Waals surface area contributed by atoms with Crippen molar-refractivity contribution in [1.29, 1.82) is 5.26 Å². The number of hydrogen-bond donors (Lipinski definition) is 1. The summed E-state index contributed by atoms with van der Waals surface area (Å²) in [7, 11) is 3.14. The fourth-order valence-corrected chi connectivity index (χ4v) is 3.91. The lowest BCUT2D eigenvalue weighted by molar-refractivity contribution is 0.0983. The third kappa shape index (κ3) is 5.16. The topological polar surface area (TPSA) is 110 Å². The number of anilines is 1. The number of thioether (sulfide) groups is 1. The first-order chi connectivity index (χ1) is 15.5. The van der Waals surface area contributed by atoms with E-state index in [-0.39, 0.29) is 12.1 Å². The van der Waals surface area contributed by atoms with E-state index in [1.807, 2.05) is 12.3 Å². The van der Waals surface area contributed by atoms with Crippen LogP contribution in [0.4, 0.5) is 10.6 Å². The predicted octanol–water partition coefficient (Wildman–Crippen LogP) is 3.79. The molecule has 0 bridgehead atoms. The number of nitriles is 1. The van der Waals surface area contributed by atoms with Crippen LogP contribution in [-0.2, 0) is 4.74 Å². The molecule has 0 saturated carbocycles. The molecule has 0 radical (unpaired) electrons. The minimum absolute atomic E-state index is 0.0793. The maximum absolute atomic E-state index is 11.9. The normalized spacial score (nSPS) is 13.9. The van der Waals surface area contributed by atoms with Gasteiger partial charge in [0.25, 0.3) is 0 Å². The van der Waals surface area contributed by atoms with Crippen LogP contribution in [0.2, 0.25) is 0 Å². The van der Waals surface area contributed by atoms with Crippen LogP contribution in [-0.4, -0.2) is 67.2 Å². The number of hydrogen-bond acceptors (Lipinski definition) is 9. The number of rotatable bonds is 7. The number of nitrogens with zero attached hydrogens (tertiary/aromatic N) is 4. The lowest BCUT2D eigenvalue weighted by atomic mass is 10.0. The van der Waals surface area contributed by atoms with E-state index in [4.69, 9.17) is 14.2 Å². The van der Waals surface area contributed by atoms with Gasteiger partial charge in [-0.3, -0.25) is 0 Å². The second kappa shape index (κ2) is 10.9. The molecule has 10 heteroatoms. The average Bonchev–Trinajstić information content (AvgIpc) is 2.83. The van der Waals surface area contributed by atoms with Crippen molar-refractivity contribution in [1.82, 2.24) is 14.9 Å². The molecule has 1 saturated heterocycles. The smallest absolute Gasteiger partial charge is 0.409 e. The summed E-state index contributed by atoms with van der Waals surface area (Å²) in [6, 6.07) is 7.77. The fourth-order valence-electron chi connectivity index (χ4n) is 3.55. The van der Waals surface area contributed by atoms with Gasteiger partial charge in [-0.25, -0.2) is 14.8 Å². The van der Waals surface area contributed by atoms with Crippen LogP contribution in [0.3, 0.4) is 0 Å². The second-order valence-electron chi connectivity index (χ2n) is 7.07. The Morgan fingerprint density at radius 3 is 2.56 bits per heavy atom. The molecule has 9 nitrogen and oxygen atoms in total. The summed E-state index contributed by atoms with van der Waals surface area (Å²) < 4.78 is 15.8. The molecule has 1 aromatic heterocycles. The number of likely N-dealkylation sites (tertiary alicyclic amines) is 1. The Kier molecular flexibility index (Phi) is 8.00. The van der Waals surface area contributed by atoms with Crippen molar-refractivity contribution in [2.75, 3.05) is 45.5 Å². The van der Waals surface area contributed by atoms with E-state index in [1.54, 1.807) is 38.2 Å². The van der Waals surface area contributed by atoms with Crippen LogP contribution >= 0.6 is 11.8 Å². The molecule has 0 atom stereocenters. The number of carbonyl (C=O) groups is 1. The maximum atomic E-state index is 11.9. The third-order valence-corrected chi connectivity index (χ3v) is 5.75. The molecule has 2 heterocycles. The number of ether oxygens (including phenoxy) is 3. The first-order valence-electron chi connectivity index (χ1n) is 10.3. The summed E-state index contributed by atoms with van der Waals surface area (Å²) in [5.41, 5.74) is 1.62. The fraction of sp³-hybridized carbons (Fsp3) is 0.455. The molecule has 1 N–H and O–H groups in total. The highest BCUT2D eigenvalue weighted by Gasteiger charge is 2.25. The van der Waals surface area contributed by atoms with Crippen molar-refractivity contribution in [2.45, 2.75) is 31.0 Å². The summed E-state index contributed by atoms with van der Waals surface area (Å²) in [5, 5.41) is 13.9. The van der Waals surface area contributed by atoms with E-state index in [2.05, 4.69) is 21.4 Å². The van der Waals surface area contributed by atoms with Gasteiger partial charge in [0.2, 0.25) is 0 Å². The van der Waals surface area contributed by atoms with Gasteiger partial charge < -0.3 is 24.4 Å². The van der Waals surface area contributed by atoms with Crippen molar-refractivity contribution >= 4 is 23.7 Å². The summed E-state index contributed by atoms with van der Waals surface area (Å²) in [4.78, 5) is 22.8. The minimum atomic E-state index is -0.286. The Morgan fingerprint density at radius 1 is 1.25 bits per heavy atom. The van der Waals surface area contributed by atoms with Gasteiger partial charge in [0.15, 0.2) is 16.7 Å². The SMILES string of the molecule is CCOC(=O)N1CCC(Nc2nc(SC)nc(-c3ccc(OC)c(OC)c3)c2C#N)CC1. The van der Waals surface area contributed by atoms with Gasteiger partial charge in [0.05, 0.1) is 26.5 Å². The summed E-state index contributed by atoms with van der Waals surface area (Å²) in [6.45, 7) is 3.33. The van der Waals surface area contributed by atoms with Gasteiger partial charge in [-0.2, -0.15) is 5.26 Å². The molecule has 0 aliphatic carbocycles. The molecule has 170 valence electrons. The standard InChI is InChI=1S/C22H27N5O4S/c1-5-31-22(28)27-10-8-15(9-11-27)24-20-16(13-23)19(25-21(26-20)32-4)14-6-7-17(29-2)18(12-14)30-3/h6-7,12,15H,5,8-11H2,1-4H3,(H,24,25,26). The van der Waals surface area contributed by atoms with Crippen LogP contribution < -0.4 is 14.8 Å². The van der Waals surface area contributed by atoms with Crippen molar-refractivity contribution in [3.63, 3.8) is 0 Å². The predicted molar refractivity (Wildman–Crippen MR) is 122 cm³/mol. The van der Waals surface area contributed by atoms with Gasteiger partial charge in [-0.15, -0.1) is 0 Å². The van der Waals surface area contributed by atoms with E-state index in [1.165, 1.54) is 11.8 Å². The first-order valence-corrected chi connectivity index (χ1v) is 11.5. The van der Waals surface area contributed by atoms with Crippen molar-refractivity contribution in [2.24, 2.45) is 0 Å². The molecule has 1 aliphatic heterocycles. The number of methoxy groups -OCH3 is 2. The molecular weight excluding hydrogens is 430 g/mol. The molecule has 0 unspecified atom stereocenters. The Bertz CT molecular complexity index is 1000. The molecule has 1 aliphatic rings. The number of carbonyl (C=O) groups excluding carboxylic acids is 1. The van der Waals surface area contributed by atoms with E-state index in [9.17, 15) is 10.1 Å². The lowest BCUT2D eigenvalue weighted by Crippen LogP contribution is -2.42. The number of amides is 1. The number of nitrogens with one attached hydrogen (secondary N) is 1. The molecule has 1 fully saturated rings. The highest BCUT2D eigenvalue weighted by Crippen LogP contribution is 2.35. The maximum Gasteiger partial charge on any atom is 0.409 e. The molecule has 32 heavy (non-hydrogen) atoms. The molecular formula is C22H27N5O4S. The van der Waals surface area contributed by atoms with Crippen LogP contribution in [0, 0.1) is 11.3 Å². The summed E-state index contributed by atoms with van der Waals surface area (Å²) in [6.07, 6.45) is 3.06. The average molecular weight is 458 g/mol. The van der Waals surface area contributed by atoms with Gasteiger partial charge in [-0.05, 0) is 44.2 Å². The van der Waals surface area contributed by atoms with E-state index in [0.29, 0.717) is 53.4 Å². The Labute approximate surface area is 192 Å². The van der Waals surface area contributed by atoms with Gasteiger partial charge in [-0.1, -0.05) is 11.8 Å². The summed E-state index contributed by atoms with van der Waals surface area (Å²) >= 11 is 1.40. The number of piperidine rings is 1. The highest BCUT2D eigenvalue weighted by atomic mass is 32.2. The zero-order valence-electron chi connectivity index (χ0n) is 18.7. The second-order valence-corrected chi connectivity index (χ2v) is 7.84. The third-order valence-electron chi connectivity index (χ3n) is 5.20. The van der Waals surface area contributed by atoms with E-state index in [0.717, 1.165) is 18.4 Å². The minimum Gasteiger partial charge on any atom is -0.493 e. The number of benzene rings is 1. The van der Waals surface area contributed by atoms with Crippen LogP contribution in [0.5, 0.6) is 11.5 Å². The van der Waals surface area contributed by atoms with Crippen LogP contribution in [0.15, 0.2) is 23.4 Å². The quantitative estimate of drug-likeness (QED) is 0.490. The first kappa shape index (κ1) is 23.5. The molecule has 2 aromatic rings. The Hall–Kier alpha value is -3.19. The largest absolute Gasteiger partial charge is 0.493 e. The molecule has 0 spiro atoms.